The molecule has 11 heteroatoms. The maximum Gasteiger partial charge on any atom is 0.354 e. The summed E-state index contributed by atoms with van der Waals surface area (Å²) in [6.07, 6.45) is 0.622. The number of rotatable bonds is 9. The molecule has 2 aromatic rings. The first kappa shape index (κ1) is 28.2. The molecule has 0 saturated carbocycles. The molecule has 0 radical (unpaired) electrons. The minimum Gasteiger partial charge on any atom is -0.507 e. The molecule has 1 aromatic carbocycles. The van der Waals surface area contributed by atoms with E-state index in [1.54, 1.807) is 32.0 Å². The second-order valence-corrected chi connectivity index (χ2v) is 9.52. The number of aromatic nitrogens is 1. The third kappa shape index (κ3) is 5.37. The lowest BCUT2D eigenvalue weighted by Gasteiger charge is -2.29. The van der Waals surface area contributed by atoms with Gasteiger partial charge in [-0.05, 0) is 38.0 Å². The largest absolute Gasteiger partial charge is 0.507 e. The van der Waals surface area contributed by atoms with Crippen LogP contribution in [-0.2, 0) is 19.1 Å². The molecule has 1 atom stereocenters. The van der Waals surface area contributed by atoms with Crippen molar-refractivity contribution in [1.82, 2.24) is 14.8 Å². The van der Waals surface area contributed by atoms with Crippen LogP contribution < -0.4 is 9.47 Å². The van der Waals surface area contributed by atoms with Crippen LogP contribution in [0.4, 0.5) is 0 Å². The Morgan fingerprint density at radius 1 is 1.10 bits per heavy atom. The van der Waals surface area contributed by atoms with E-state index in [0.717, 1.165) is 19.6 Å². The first-order valence-electron chi connectivity index (χ1n) is 12.8. The number of Topliss-reactive ketones (excluding diaryl/α,β-unsaturated/α-hetero) is 1. The topological polar surface area (TPSA) is 131 Å². The van der Waals surface area contributed by atoms with Gasteiger partial charge in [-0.3, -0.25) is 14.5 Å². The fourth-order valence-corrected chi connectivity index (χ4v) is 5.31. The van der Waals surface area contributed by atoms with Crippen molar-refractivity contribution in [3.63, 3.8) is 0 Å². The van der Waals surface area contributed by atoms with Gasteiger partial charge in [0.25, 0.3) is 11.7 Å². The van der Waals surface area contributed by atoms with Crippen LogP contribution in [0.5, 0.6) is 11.5 Å². The van der Waals surface area contributed by atoms with E-state index < -0.39 is 23.7 Å². The zero-order valence-electron chi connectivity index (χ0n) is 23.0. The first-order valence-corrected chi connectivity index (χ1v) is 12.8. The van der Waals surface area contributed by atoms with Gasteiger partial charge in [0.05, 0.1) is 46.2 Å². The van der Waals surface area contributed by atoms with Gasteiger partial charge in [0.15, 0.2) is 0 Å². The van der Waals surface area contributed by atoms with E-state index in [2.05, 4.69) is 9.88 Å². The number of carbonyl (C=O) groups is 3. The highest BCUT2D eigenvalue weighted by molar-refractivity contribution is 6.46. The van der Waals surface area contributed by atoms with Gasteiger partial charge in [0.1, 0.15) is 23.0 Å². The van der Waals surface area contributed by atoms with Gasteiger partial charge in [-0.25, -0.2) is 4.79 Å². The number of benzene rings is 1. The predicted molar refractivity (Wildman–Crippen MR) is 142 cm³/mol. The van der Waals surface area contributed by atoms with Crippen LogP contribution in [0.2, 0.25) is 0 Å². The van der Waals surface area contributed by atoms with Crippen molar-refractivity contribution in [3.05, 3.63) is 51.9 Å². The molecule has 11 nitrogen and oxygen atoms in total. The molecule has 2 aliphatic heterocycles. The van der Waals surface area contributed by atoms with Crippen LogP contribution in [0, 0.1) is 13.8 Å². The van der Waals surface area contributed by atoms with Gasteiger partial charge in [-0.15, -0.1) is 0 Å². The Morgan fingerprint density at radius 3 is 2.46 bits per heavy atom. The number of methoxy groups -OCH3 is 3. The van der Waals surface area contributed by atoms with E-state index in [0.29, 0.717) is 48.0 Å². The second kappa shape index (κ2) is 11.9. The quantitative estimate of drug-likeness (QED) is 0.213. The number of aromatic amines is 1. The van der Waals surface area contributed by atoms with Crippen LogP contribution in [-0.4, -0.2) is 98.3 Å². The maximum absolute atomic E-state index is 13.5. The van der Waals surface area contributed by atoms with Crippen LogP contribution in [0.15, 0.2) is 23.8 Å². The number of hydrogen-bond acceptors (Lipinski definition) is 9. The number of nitrogens with zero attached hydrogens (tertiary/aromatic N) is 2. The normalized spacial score (nSPS) is 19.4. The van der Waals surface area contributed by atoms with Crippen molar-refractivity contribution in [2.24, 2.45) is 0 Å². The van der Waals surface area contributed by atoms with Crippen LogP contribution in [0.25, 0.3) is 5.76 Å². The number of nitrogens with one attached hydrogen (secondary N) is 1. The molecule has 0 aliphatic carbocycles. The van der Waals surface area contributed by atoms with Crippen molar-refractivity contribution >= 4 is 23.4 Å². The molecule has 1 aromatic heterocycles. The summed E-state index contributed by atoms with van der Waals surface area (Å²) in [5.41, 5.74) is 1.77. The van der Waals surface area contributed by atoms with Crippen LogP contribution in [0.1, 0.15) is 45.3 Å². The van der Waals surface area contributed by atoms with Crippen LogP contribution >= 0.6 is 0 Å². The average molecular weight is 542 g/mol. The SMILES string of the molecule is COC(=O)c1[nH]c(C)c(C(O)=C2C(=O)C(=O)N(CCCN3CCOCC3)C2c2ccc(OC)cc2OC)c1C. The number of esters is 1. The molecule has 1 unspecified atom stereocenters. The van der Waals surface area contributed by atoms with E-state index in [9.17, 15) is 19.5 Å². The third-order valence-electron chi connectivity index (χ3n) is 7.32. The molecule has 39 heavy (non-hydrogen) atoms. The summed E-state index contributed by atoms with van der Waals surface area (Å²) in [5.74, 6) is -1.54. The predicted octanol–water partition coefficient (Wildman–Crippen LogP) is 2.58. The third-order valence-corrected chi connectivity index (χ3v) is 7.32. The number of H-pyrrole nitrogens is 1. The van der Waals surface area contributed by atoms with E-state index >= 15 is 0 Å². The number of ether oxygens (including phenoxy) is 4. The number of aliphatic hydroxyl groups is 1. The number of hydrogen-bond donors (Lipinski definition) is 2. The number of carbonyl (C=O) groups excluding carboxylic acids is 3. The number of morpholine rings is 1. The number of amides is 1. The Kier molecular flexibility index (Phi) is 8.61. The Labute approximate surface area is 227 Å². The molecule has 0 bridgehead atoms. The van der Waals surface area contributed by atoms with Crippen molar-refractivity contribution in [2.75, 3.05) is 60.7 Å². The summed E-state index contributed by atoms with van der Waals surface area (Å²) in [6, 6.07) is 4.21. The zero-order chi connectivity index (χ0) is 28.3. The van der Waals surface area contributed by atoms with Gasteiger partial charge < -0.3 is 33.9 Å². The summed E-state index contributed by atoms with van der Waals surface area (Å²) in [6.45, 7) is 7.29. The van der Waals surface area contributed by atoms with E-state index in [-0.39, 0.29) is 29.1 Å². The summed E-state index contributed by atoms with van der Waals surface area (Å²) in [4.78, 5) is 45.9. The first-order chi connectivity index (χ1) is 18.7. The van der Waals surface area contributed by atoms with Crippen LogP contribution in [0.3, 0.4) is 0 Å². The van der Waals surface area contributed by atoms with Crippen molar-refractivity contribution in [1.29, 1.82) is 0 Å². The summed E-state index contributed by atoms with van der Waals surface area (Å²) >= 11 is 0. The van der Waals surface area contributed by atoms with Gasteiger partial charge in [-0.2, -0.15) is 0 Å². The highest BCUT2D eigenvalue weighted by Gasteiger charge is 2.47. The Bertz CT molecular complexity index is 1290. The standard InChI is InChI=1S/C28H35N3O8/c1-16-21(17(2)29-23(16)28(35)38-5)25(32)22-24(19-8-7-18(36-3)15-20(19)37-4)31(27(34)26(22)33)10-6-9-30-11-13-39-14-12-30/h7-8,15,24,29,32H,6,9-14H2,1-5H3. The maximum atomic E-state index is 13.5. The van der Waals surface area contributed by atoms with E-state index in [4.69, 9.17) is 18.9 Å². The van der Waals surface area contributed by atoms with E-state index in [1.807, 2.05) is 0 Å². The summed E-state index contributed by atoms with van der Waals surface area (Å²) in [5, 5.41) is 11.6. The summed E-state index contributed by atoms with van der Waals surface area (Å²) in [7, 11) is 4.28. The monoisotopic (exact) mass is 541 g/mol. The van der Waals surface area contributed by atoms with E-state index in [1.165, 1.54) is 26.2 Å². The number of aryl methyl sites for hydroxylation is 1. The smallest absolute Gasteiger partial charge is 0.354 e. The highest BCUT2D eigenvalue weighted by Crippen LogP contribution is 2.44. The minimum atomic E-state index is -0.911. The van der Waals surface area contributed by atoms with Crippen molar-refractivity contribution in [2.45, 2.75) is 26.3 Å². The molecule has 2 N–H and O–H groups in total. The van der Waals surface area contributed by atoms with Gasteiger partial charge in [0.2, 0.25) is 0 Å². The molecule has 2 saturated heterocycles. The fourth-order valence-electron chi connectivity index (χ4n) is 5.31. The van der Waals surface area contributed by atoms with Gasteiger partial charge >= 0.3 is 5.97 Å². The average Bonchev–Trinajstić information content (AvgIpc) is 3.39. The highest BCUT2D eigenvalue weighted by atomic mass is 16.5. The molecule has 4 rings (SSSR count). The van der Waals surface area contributed by atoms with Crippen molar-refractivity contribution < 1.29 is 38.4 Å². The lowest BCUT2D eigenvalue weighted by molar-refractivity contribution is -0.140. The Morgan fingerprint density at radius 2 is 1.82 bits per heavy atom. The molecule has 210 valence electrons. The molecule has 2 fully saturated rings. The molecular weight excluding hydrogens is 506 g/mol. The zero-order valence-corrected chi connectivity index (χ0v) is 23.0. The second-order valence-electron chi connectivity index (χ2n) is 9.52. The lowest BCUT2D eigenvalue weighted by Crippen LogP contribution is -2.39. The molecule has 3 heterocycles. The van der Waals surface area contributed by atoms with Gasteiger partial charge in [-0.1, -0.05) is 0 Å². The lowest BCUT2D eigenvalue weighted by atomic mass is 9.93. The number of ketones is 1. The van der Waals surface area contributed by atoms with Gasteiger partial charge in [0, 0.05) is 49.1 Å². The molecule has 2 aliphatic rings. The van der Waals surface area contributed by atoms with Crippen molar-refractivity contribution in [3.8, 4) is 11.5 Å². The Hall–Kier alpha value is -3.83. The fraction of sp³-hybridized carbons (Fsp3) is 0.464. The molecular formula is C28H35N3O8. The minimum absolute atomic E-state index is 0.0727. The Balaban J connectivity index is 1.81. The number of aliphatic hydroxyl groups excluding tert-OH is 1. The summed E-state index contributed by atoms with van der Waals surface area (Å²) < 4.78 is 21.2. The molecule has 1 amide bonds. The number of likely N-dealkylation sites (tertiary alicyclic amines) is 1. The molecule has 0 spiro atoms.